The van der Waals surface area contributed by atoms with E-state index in [1.807, 2.05) is 20.8 Å². The Bertz CT molecular complexity index is 240. The molecule has 1 N–H and O–H groups in total. The van der Waals surface area contributed by atoms with Gasteiger partial charge in [0.2, 0.25) is 0 Å². The fourth-order valence-electron chi connectivity index (χ4n) is 0.895. The predicted octanol–water partition coefficient (Wildman–Crippen LogP) is 1.56. The second-order valence-electron chi connectivity index (χ2n) is 3.90. The van der Waals surface area contributed by atoms with E-state index in [2.05, 4.69) is 9.97 Å². The van der Waals surface area contributed by atoms with E-state index in [-0.39, 0.29) is 5.41 Å². The third-order valence-corrected chi connectivity index (χ3v) is 1.68. The number of aromatic nitrogens is 2. The first-order valence-electron chi connectivity index (χ1n) is 3.96. The minimum atomic E-state index is -0.550. The quantitative estimate of drug-likeness (QED) is 0.688. The van der Waals surface area contributed by atoms with E-state index in [1.54, 1.807) is 18.6 Å². The summed E-state index contributed by atoms with van der Waals surface area (Å²) < 4.78 is 0. The van der Waals surface area contributed by atoms with Crippen molar-refractivity contribution in [2.75, 3.05) is 0 Å². The van der Waals surface area contributed by atoms with Crippen LogP contribution in [-0.4, -0.2) is 15.1 Å². The lowest BCUT2D eigenvalue weighted by atomic mass is 9.87. The normalized spacial score (nSPS) is 14.3. The molecular formula is C9H14N2O. The smallest absolute Gasteiger partial charge is 0.102 e. The molecule has 0 amide bonds. The van der Waals surface area contributed by atoms with Gasteiger partial charge in [-0.25, -0.2) is 0 Å². The number of nitrogens with zero attached hydrogens (tertiary/aromatic N) is 2. The van der Waals surface area contributed by atoms with Crippen molar-refractivity contribution >= 4 is 0 Å². The van der Waals surface area contributed by atoms with Crippen LogP contribution in [0, 0.1) is 5.41 Å². The number of aliphatic hydroxyl groups is 1. The van der Waals surface area contributed by atoms with Crippen LogP contribution in [0.4, 0.5) is 0 Å². The highest BCUT2D eigenvalue weighted by atomic mass is 16.3. The first-order valence-corrected chi connectivity index (χ1v) is 3.96. The summed E-state index contributed by atoms with van der Waals surface area (Å²) in [5.74, 6) is 0. The van der Waals surface area contributed by atoms with Gasteiger partial charge in [0.25, 0.3) is 0 Å². The molecule has 0 saturated heterocycles. The second-order valence-corrected chi connectivity index (χ2v) is 3.90. The molecule has 1 aromatic heterocycles. The van der Waals surface area contributed by atoms with Crippen LogP contribution in [0.3, 0.4) is 0 Å². The fraction of sp³-hybridized carbons (Fsp3) is 0.556. The average Bonchev–Trinajstić information content (AvgIpc) is 2.03. The largest absolute Gasteiger partial charge is 0.386 e. The summed E-state index contributed by atoms with van der Waals surface area (Å²) in [4.78, 5) is 7.93. The zero-order chi connectivity index (χ0) is 9.19. The van der Waals surface area contributed by atoms with Gasteiger partial charge in [0, 0.05) is 12.4 Å². The van der Waals surface area contributed by atoms with Gasteiger partial charge in [-0.15, -0.1) is 0 Å². The zero-order valence-electron chi connectivity index (χ0n) is 7.65. The van der Waals surface area contributed by atoms with Crippen molar-refractivity contribution in [2.24, 2.45) is 5.41 Å². The van der Waals surface area contributed by atoms with E-state index in [0.29, 0.717) is 5.69 Å². The SMILES string of the molecule is CC(C)(C)[C@H](O)c1cnccn1. The van der Waals surface area contributed by atoms with Crippen molar-refractivity contribution in [3.05, 3.63) is 24.3 Å². The van der Waals surface area contributed by atoms with E-state index in [9.17, 15) is 5.11 Å². The molecule has 0 aromatic carbocycles. The first kappa shape index (κ1) is 9.13. The molecule has 0 unspecified atom stereocenters. The summed E-state index contributed by atoms with van der Waals surface area (Å²) in [6, 6.07) is 0. The van der Waals surface area contributed by atoms with E-state index >= 15 is 0 Å². The molecule has 66 valence electrons. The Morgan fingerprint density at radius 3 is 2.42 bits per heavy atom. The average molecular weight is 166 g/mol. The Balaban J connectivity index is 2.86. The molecule has 1 rings (SSSR count). The Hall–Kier alpha value is -0.960. The highest BCUT2D eigenvalue weighted by Gasteiger charge is 2.24. The lowest BCUT2D eigenvalue weighted by Gasteiger charge is -2.24. The topological polar surface area (TPSA) is 46.0 Å². The number of aliphatic hydroxyl groups excluding tert-OH is 1. The Morgan fingerprint density at radius 2 is 2.00 bits per heavy atom. The summed E-state index contributed by atoms with van der Waals surface area (Å²) in [5, 5.41) is 9.75. The summed E-state index contributed by atoms with van der Waals surface area (Å²) in [6.45, 7) is 5.89. The van der Waals surface area contributed by atoms with Crippen LogP contribution in [-0.2, 0) is 0 Å². The zero-order valence-corrected chi connectivity index (χ0v) is 7.65. The Labute approximate surface area is 72.5 Å². The number of hydrogen-bond donors (Lipinski definition) is 1. The van der Waals surface area contributed by atoms with Crippen LogP contribution < -0.4 is 0 Å². The molecule has 12 heavy (non-hydrogen) atoms. The fourth-order valence-corrected chi connectivity index (χ4v) is 0.895. The summed E-state index contributed by atoms with van der Waals surface area (Å²) in [5.41, 5.74) is 0.445. The van der Waals surface area contributed by atoms with E-state index in [0.717, 1.165) is 0 Å². The maximum Gasteiger partial charge on any atom is 0.102 e. The van der Waals surface area contributed by atoms with Crippen molar-refractivity contribution in [2.45, 2.75) is 26.9 Å². The van der Waals surface area contributed by atoms with Gasteiger partial charge in [-0.05, 0) is 5.41 Å². The minimum absolute atomic E-state index is 0.184. The van der Waals surface area contributed by atoms with Gasteiger partial charge in [0.15, 0.2) is 0 Å². The lowest BCUT2D eigenvalue weighted by molar-refractivity contribution is 0.0586. The molecule has 0 spiro atoms. The third kappa shape index (κ3) is 2.01. The van der Waals surface area contributed by atoms with Gasteiger partial charge in [0.1, 0.15) is 6.10 Å². The van der Waals surface area contributed by atoms with Gasteiger partial charge >= 0.3 is 0 Å². The minimum Gasteiger partial charge on any atom is -0.386 e. The van der Waals surface area contributed by atoms with E-state index in [1.165, 1.54) is 0 Å². The maximum absolute atomic E-state index is 9.75. The van der Waals surface area contributed by atoms with Crippen LogP contribution in [0.25, 0.3) is 0 Å². The molecule has 3 heteroatoms. The molecule has 0 aliphatic rings. The van der Waals surface area contributed by atoms with Crippen molar-refractivity contribution in [1.82, 2.24) is 9.97 Å². The van der Waals surface area contributed by atoms with E-state index < -0.39 is 6.10 Å². The van der Waals surface area contributed by atoms with Crippen LogP contribution in [0.15, 0.2) is 18.6 Å². The van der Waals surface area contributed by atoms with E-state index in [4.69, 9.17) is 0 Å². The van der Waals surface area contributed by atoms with Gasteiger partial charge < -0.3 is 5.11 Å². The molecule has 0 aliphatic carbocycles. The molecule has 0 saturated carbocycles. The van der Waals surface area contributed by atoms with Crippen LogP contribution >= 0.6 is 0 Å². The summed E-state index contributed by atoms with van der Waals surface area (Å²) >= 11 is 0. The number of rotatable bonds is 1. The van der Waals surface area contributed by atoms with Crippen molar-refractivity contribution < 1.29 is 5.11 Å². The Morgan fingerprint density at radius 1 is 1.33 bits per heavy atom. The molecule has 3 nitrogen and oxygen atoms in total. The summed E-state index contributed by atoms with van der Waals surface area (Å²) in [7, 11) is 0. The van der Waals surface area contributed by atoms with Crippen molar-refractivity contribution in [3.63, 3.8) is 0 Å². The first-order chi connectivity index (χ1) is 5.52. The lowest BCUT2D eigenvalue weighted by Crippen LogP contribution is -2.18. The second kappa shape index (κ2) is 3.19. The van der Waals surface area contributed by atoms with Crippen molar-refractivity contribution in [1.29, 1.82) is 0 Å². The highest BCUT2D eigenvalue weighted by molar-refractivity contribution is 5.02. The van der Waals surface area contributed by atoms with Gasteiger partial charge in [-0.3, -0.25) is 9.97 Å². The molecule has 0 fully saturated rings. The third-order valence-electron chi connectivity index (χ3n) is 1.68. The van der Waals surface area contributed by atoms with Gasteiger partial charge in [-0.1, -0.05) is 20.8 Å². The van der Waals surface area contributed by atoms with Crippen LogP contribution in [0.2, 0.25) is 0 Å². The molecule has 1 heterocycles. The van der Waals surface area contributed by atoms with Crippen molar-refractivity contribution in [3.8, 4) is 0 Å². The molecule has 0 bridgehead atoms. The van der Waals surface area contributed by atoms with Crippen LogP contribution in [0.5, 0.6) is 0 Å². The molecule has 0 aliphatic heterocycles. The number of hydrogen-bond acceptors (Lipinski definition) is 3. The molecule has 1 aromatic rings. The monoisotopic (exact) mass is 166 g/mol. The molecule has 0 radical (unpaired) electrons. The highest BCUT2D eigenvalue weighted by Crippen LogP contribution is 2.30. The molecular weight excluding hydrogens is 152 g/mol. The Kier molecular flexibility index (Phi) is 2.43. The predicted molar refractivity (Wildman–Crippen MR) is 46.4 cm³/mol. The molecule has 1 atom stereocenters. The summed E-state index contributed by atoms with van der Waals surface area (Å²) in [6.07, 6.45) is 4.23. The van der Waals surface area contributed by atoms with Gasteiger partial charge in [0.05, 0.1) is 11.9 Å². The maximum atomic E-state index is 9.75. The van der Waals surface area contributed by atoms with Crippen LogP contribution in [0.1, 0.15) is 32.6 Å². The van der Waals surface area contributed by atoms with Gasteiger partial charge in [-0.2, -0.15) is 0 Å². The standard InChI is InChI=1S/C9H14N2O/c1-9(2,3)8(12)7-6-10-4-5-11-7/h4-6,8,12H,1-3H3/t8-/m1/s1.